The molecule has 1 aliphatic heterocycles. The number of rotatable bonds is 4. The number of likely N-dealkylation sites (tertiary alicyclic amines) is 1. The van der Waals surface area contributed by atoms with Gasteiger partial charge in [0.1, 0.15) is 6.54 Å². The number of hydrogen-bond donors (Lipinski definition) is 1. The lowest BCUT2D eigenvalue weighted by molar-refractivity contribution is -0.133. The summed E-state index contributed by atoms with van der Waals surface area (Å²) >= 11 is 0. The molecule has 1 fully saturated rings. The van der Waals surface area contributed by atoms with E-state index in [1.807, 2.05) is 4.90 Å². The summed E-state index contributed by atoms with van der Waals surface area (Å²) in [4.78, 5) is 14.2. The van der Waals surface area contributed by atoms with Gasteiger partial charge in [0.2, 0.25) is 5.91 Å². The van der Waals surface area contributed by atoms with Gasteiger partial charge in [-0.05, 0) is 18.8 Å². The van der Waals surface area contributed by atoms with Crippen LogP contribution in [-0.2, 0) is 17.9 Å². The van der Waals surface area contributed by atoms with Crippen LogP contribution in [0, 0.1) is 5.92 Å². The van der Waals surface area contributed by atoms with Crippen molar-refractivity contribution >= 4 is 5.91 Å². The molecule has 6 heteroatoms. The summed E-state index contributed by atoms with van der Waals surface area (Å²) in [5, 5.41) is 7.79. The summed E-state index contributed by atoms with van der Waals surface area (Å²) in [6.45, 7) is 5.80. The molecule has 1 unspecified atom stereocenters. The lowest BCUT2D eigenvalue weighted by Gasteiger charge is -2.27. The fourth-order valence-electron chi connectivity index (χ4n) is 2.53. The number of nitrogens with two attached hydrogens (primary N) is 1. The number of amides is 1. The number of hydrogen-bond acceptors (Lipinski definition) is 4. The first-order chi connectivity index (χ1) is 8.61. The second kappa shape index (κ2) is 5.48. The Morgan fingerprint density at radius 1 is 1.61 bits per heavy atom. The summed E-state index contributed by atoms with van der Waals surface area (Å²) in [7, 11) is 0. The fourth-order valence-corrected chi connectivity index (χ4v) is 2.53. The van der Waals surface area contributed by atoms with Gasteiger partial charge >= 0.3 is 0 Å². The van der Waals surface area contributed by atoms with E-state index in [-0.39, 0.29) is 12.5 Å². The molecular formula is C12H21N5O. The van der Waals surface area contributed by atoms with Gasteiger partial charge in [0.15, 0.2) is 0 Å². The van der Waals surface area contributed by atoms with Gasteiger partial charge in [-0.3, -0.25) is 4.79 Å². The van der Waals surface area contributed by atoms with Crippen LogP contribution in [-0.4, -0.2) is 38.4 Å². The highest BCUT2D eigenvalue weighted by atomic mass is 16.2. The van der Waals surface area contributed by atoms with Gasteiger partial charge in [-0.1, -0.05) is 19.1 Å². The third kappa shape index (κ3) is 2.69. The van der Waals surface area contributed by atoms with Crippen LogP contribution in [0.25, 0.3) is 0 Å². The normalized spacial score (nSPS) is 19.8. The minimum atomic E-state index is 0.125. The molecule has 1 atom stereocenters. The Bertz CT molecular complexity index is 414. The topological polar surface area (TPSA) is 77.0 Å². The molecule has 0 spiro atoms. The van der Waals surface area contributed by atoms with E-state index in [9.17, 15) is 4.79 Å². The van der Waals surface area contributed by atoms with Crippen molar-refractivity contribution in [2.45, 2.75) is 45.8 Å². The van der Waals surface area contributed by atoms with Crippen molar-refractivity contribution < 1.29 is 4.79 Å². The van der Waals surface area contributed by atoms with Crippen molar-refractivity contribution in [2.24, 2.45) is 11.7 Å². The van der Waals surface area contributed by atoms with Crippen LogP contribution in [0.5, 0.6) is 0 Å². The molecule has 100 valence electrons. The van der Waals surface area contributed by atoms with Gasteiger partial charge in [0.05, 0.1) is 11.9 Å². The summed E-state index contributed by atoms with van der Waals surface area (Å²) in [6, 6.07) is 0.370. The zero-order valence-corrected chi connectivity index (χ0v) is 11.0. The largest absolute Gasteiger partial charge is 0.338 e. The summed E-state index contributed by atoms with van der Waals surface area (Å²) in [5.74, 6) is 0.631. The average Bonchev–Trinajstić information content (AvgIpc) is 2.96. The second-order valence-electron chi connectivity index (χ2n) is 5.15. The molecule has 18 heavy (non-hydrogen) atoms. The first-order valence-electron chi connectivity index (χ1n) is 6.50. The van der Waals surface area contributed by atoms with Crippen LogP contribution in [0.15, 0.2) is 6.20 Å². The van der Waals surface area contributed by atoms with Crippen LogP contribution >= 0.6 is 0 Å². The summed E-state index contributed by atoms with van der Waals surface area (Å²) in [6.07, 6.45) is 3.94. The number of aromatic nitrogens is 3. The van der Waals surface area contributed by atoms with Gasteiger partial charge in [-0.25, -0.2) is 4.68 Å². The van der Waals surface area contributed by atoms with Gasteiger partial charge in [0, 0.05) is 19.1 Å². The molecule has 0 bridgehead atoms. The van der Waals surface area contributed by atoms with Gasteiger partial charge in [0.25, 0.3) is 0 Å². The number of nitrogens with zero attached hydrogens (tertiary/aromatic N) is 4. The SMILES string of the molecule is CC(C)C1CCCN1C(=O)Cn1cc(CN)nn1. The predicted octanol–water partition coefficient (Wildman–Crippen LogP) is 0.384. The monoisotopic (exact) mass is 251 g/mol. The summed E-state index contributed by atoms with van der Waals surface area (Å²) < 4.78 is 1.57. The third-order valence-electron chi connectivity index (χ3n) is 3.48. The maximum absolute atomic E-state index is 12.2. The molecule has 0 aromatic carbocycles. The van der Waals surface area contributed by atoms with Gasteiger partial charge in [-0.2, -0.15) is 0 Å². The average molecular weight is 251 g/mol. The molecule has 0 aliphatic carbocycles. The Morgan fingerprint density at radius 2 is 2.39 bits per heavy atom. The van der Waals surface area contributed by atoms with E-state index in [1.165, 1.54) is 0 Å². The molecule has 2 rings (SSSR count). The molecule has 1 saturated heterocycles. The molecule has 1 aromatic rings. The minimum absolute atomic E-state index is 0.125. The van der Waals surface area contributed by atoms with E-state index in [0.29, 0.717) is 24.2 Å². The molecular weight excluding hydrogens is 230 g/mol. The molecule has 2 heterocycles. The van der Waals surface area contributed by atoms with E-state index >= 15 is 0 Å². The molecule has 6 nitrogen and oxygen atoms in total. The first kappa shape index (κ1) is 13.0. The lowest BCUT2D eigenvalue weighted by Crippen LogP contribution is -2.40. The lowest BCUT2D eigenvalue weighted by atomic mass is 10.0. The third-order valence-corrected chi connectivity index (χ3v) is 3.48. The van der Waals surface area contributed by atoms with Crippen molar-refractivity contribution in [1.29, 1.82) is 0 Å². The number of carbonyl (C=O) groups excluding carboxylic acids is 1. The maximum atomic E-state index is 12.2. The Hall–Kier alpha value is -1.43. The van der Waals surface area contributed by atoms with E-state index in [2.05, 4.69) is 24.2 Å². The summed E-state index contributed by atoms with van der Waals surface area (Å²) in [5.41, 5.74) is 6.18. The highest BCUT2D eigenvalue weighted by Gasteiger charge is 2.30. The molecule has 0 saturated carbocycles. The Labute approximate surface area is 107 Å². The van der Waals surface area contributed by atoms with Crippen LogP contribution in [0.2, 0.25) is 0 Å². The Kier molecular flexibility index (Phi) is 3.96. The van der Waals surface area contributed by atoms with Crippen molar-refractivity contribution in [3.8, 4) is 0 Å². The Balaban J connectivity index is 1.99. The van der Waals surface area contributed by atoms with E-state index in [4.69, 9.17) is 5.73 Å². The van der Waals surface area contributed by atoms with Crippen LogP contribution in [0.3, 0.4) is 0 Å². The second-order valence-corrected chi connectivity index (χ2v) is 5.15. The Morgan fingerprint density at radius 3 is 3.00 bits per heavy atom. The van der Waals surface area contributed by atoms with Crippen LogP contribution in [0.4, 0.5) is 0 Å². The first-order valence-corrected chi connectivity index (χ1v) is 6.50. The minimum Gasteiger partial charge on any atom is -0.338 e. The van der Waals surface area contributed by atoms with Crippen LogP contribution in [0.1, 0.15) is 32.4 Å². The molecule has 1 aromatic heterocycles. The van der Waals surface area contributed by atoms with Crippen LogP contribution < -0.4 is 5.73 Å². The molecule has 1 amide bonds. The molecule has 1 aliphatic rings. The number of carbonyl (C=O) groups is 1. The van der Waals surface area contributed by atoms with Gasteiger partial charge in [-0.15, -0.1) is 5.10 Å². The maximum Gasteiger partial charge on any atom is 0.244 e. The quantitative estimate of drug-likeness (QED) is 0.839. The van der Waals surface area contributed by atoms with Crippen molar-refractivity contribution in [3.63, 3.8) is 0 Å². The predicted molar refractivity (Wildman–Crippen MR) is 67.5 cm³/mol. The van der Waals surface area contributed by atoms with E-state index in [1.54, 1.807) is 10.9 Å². The zero-order valence-electron chi connectivity index (χ0n) is 11.0. The smallest absolute Gasteiger partial charge is 0.244 e. The zero-order chi connectivity index (χ0) is 13.1. The van der Waals surface area contributed by atoms with Crippen molar-refractivity contribution in [3.05, 3.63) is 11.9 Å². The highest BCUT2D eigenvalue weighted by molar-refractivity contribution is 5.76. The van der Waals surface area contributed by atoms with E-state index < -0.39 is 0 Å². The molecule has 0 radical (unpaired) electrons. The van der Waals surface area contributed by atoms with Crippen molar-refractivity contribution in [2.75, 3.05) is 6.54 Å². The van der Waals surface area contributed by atoms with Gasteiger partial charge < -0.3 is 10.6 Å². The standard InChI is InChI=1S/C12H21N5O/c1-9(2)11-4-3-5-17(11)12(18)8-16-7-10(6-13)14-15-16/h7,9,11H,3-6,8,13H2,1-2H3. The van der Waals surface area contributed by atoms with E-state index in [0.717, 1.165) is 19.4 Å². The highest BCUT2D eigenvalue weighted by Crippen LogP contribution is 2.23. The fraction of sp³-hybridized carbons (Fsp3) is 0.750. The van der Waals surface area contributed by atoms with Crippen molar-refractivity contribution in [1.82, 2.24) is 19.9 Å². The molecule has 2 N–H and O–H groups in total.